The molecule has 1 N–H and O–H groups in total. The molecule has 5 heteroatoms. The number of carbonyl (C=O) groups is 1. The van der Waals surface area contributed by atoms with Crippen molar-refractivity contribution >= 4 is 33.0 Å². The standard InChI is InChI=1S/C11H12BrNO2S/c12-9-5-7-8(14)6-15-11(10(7)16-9)1-3-13-4-2-11/h5,13H,1-4,6H2. The topological polar surface area (TPSA) is 38.3 Å². The molecule has 2 aliphatic heterocycles. The van der Waals surface area contributed by atoms with E-state index in [0.29, 0.717) is 0 Å². The molecule has 1 saturated heterocycles. The lowest BCUT2D eigenvalue weighted by Gasteiger charge is -2.39. The summed E-state index contributed by atoms with van der Waals surface area (Å²) in [5.41, 5.74) is 0.663. The first-order chi connectivity index (χ1) is 7.71. The highest BCUT2D eigenvalue weighted by Gasteiger charge is 2.43. The summed E-state index contributed by atoms with van der Waals surface area (Å²) in [5, 5.41) is 3.33. The number of hydrogen-bond acceptors (Lipinski definition) is 4. The summed E-state index contributed by atoms with van der Waals surface area (Å²) in [5.74, 6) is 0.112. The average molecular weight is 302 g/mol. The number of hydrogen-bond donors (Lipinski definition) is 1. The maximum Gasteiger partial charge on any atom is 0.189 e. The molecule has 0 unspecified atom stereocenters. The minimum atomic E-state index is -0.203. The van der Waals surface area contributed by atoms with Crippen LogP contribution >= 0.6 is 27.3 Å². The molecule has 3 heterocycles. The Bertz CT molecular complexity index is 437. The van der Waals surface area contributed by atoms with Crippen LogP contribution in [0.15, 0.2) is 9.85 Å². The first-order valence-corrected chi connectivity index (χ1v) is 7.00. The van der Waals surface area contributed by atoms with Gasteiger partial charge < -0.3 is 10.1 Å². The van der Waals surface area contributed by atoms with Crippen molar-refractivity contribution in [1.29, 1.82) is 0 Å². The second kappa shape index (κ2) is 3.91. The zero-order valence-electron chi connectivity index (χ0n) is 8.72. The van der Waals surface area contributed by atoms with Crippen molar-refractivity contribution in [3.05, 3.63) is 20.3 Å². The molecule has 2 aliphatic rings. The minimum absolute atomic E-state index is 0.112. The number of halogens is 1. The summed E-state index contributed by atoms with van der Waals surface area (Å²) in [6.07, 6.45) is 1.92. The first kappa shape index (κ1) is 10.9. The smallest absolute Gasteiger partial charge is 0.189 e. The summed E-state index contributed by atoms with van der Waals surface area (Å²) < 4.78 is 6.88. The van der Waals surface area contributed by atoms with Crippen molar-refractivity contribution in [2.45, 2.75) is 18.4 Å². The van der Waals surface area contributed by atoms with Crippen LogP contribution in [-0.4, -0.2) is 25.5 Å². The quantitative estimate of drug-likeness (QED) is 0.799. The van der Waals surface area contributed by atoms with Gasteiger partial charge in [-0.2, -0.15) is 0 Å². The molecule has 0 aromatic carbocycles. The van der Waals surface area contributed by atoms with Gasteiger partial charge in [-0.1, -0.05) is 0 Å². The second-order valence-electron chi connectivity index (χ2n) is 4.25. The summed E-state index contributed by atoms with van der Waals surface area (Å²) in [6.45, 7) is 2.16. The first-order valence-electron chi connectivity index (χ1n) is 5.39. The van der Waals surface area contributed by atoms with Crippen LogP contribution in [0.4, 0.5) is 0 Å². The van der Waals surface area contributed by atoms with Crippen LogP contribution in [0.5, 0.6) is 0 Å². The Labute approximate surface area is 106 Å². The lowest BCUT2D eigenvalue weighted by molar-refractivity contribution is -0.0655. The third-order valence-corrected chi connectivity index (χ3v) is 5.13. The van der Waals surface area contributed by atoms with Crippen LogP contribution in [0.2, 0.25) is 0 Å². The number of piperidine rings is 1. The summed E-state index contributed by atoms with van der Waals surface area (Å²) >= 11 is 5.11. The molecule has 1 aromatic rings. The van der Waals surface area contributed by atoms with Gasteiger partial charge in [0, 0.05) is 10.4 Å². The number of fused-ring (bicyclic) bond motifs is 2. The number of nitrogens with one attached hydrogen (secondary N) is 1. The van der Waals surface area contributed by atoms with E-state index >= 15 is 0 Å². The van der Waals surface area contributed by atoms with E-state index in [1.807, 2.05) is 6.07 Å². The van der Waals surface area contributed by atoms with Crippen molar-refractivity contribution in [3.63, 3.8) is 0 Å². The molecule has 16 heavy (non-hydrogen) atoms. The monoisotopic (exact) mass is 301 g/mol. The normalized spacial score (nSPS) is 23.4. The third kappa shape index (κ3) is 1.57. The van der Waals surface area contributed by atoms with Crippen LogP contribution in [0.1, 0.15) is 28.1 Å². The molecule has 1 spiro atoms. The van der Waals surface area contributed by atoms with E-state index < -0.39 is 0 Å². The summed E-state index contributed by atoms with van der Waals surface area (Å²) in [4.78, 5) is 12.9. The number of thiophene rings is 1. The predicted octanol–water partition coefficient (Wildman–Crippen LogP) is 2.30. The van der Waals surface area contributed by atoms with Crippen LogP contribution in [0.3, 0.4) is 0 Å². The Balaban J connectivity index is 2.09. The van der Waals surface area contributed by atoms with Gasteiger partial charge >= 0.3 is 0 Å². The van der Waals surface area contributed by atoms with Crippen LogP contribution in [-0.2, 0) is 10.3 Å². The van der Waals surface area contributed by atoms with E-state index in [9.17, 15) is 4.79 Å². The van der Waals surface area contributed by atoms with E-state index in [-0.39, 0.29) is 18.0 Å². The van der Waals surface area contributed by atoms with Crippen molar-refractivity contribution < 1.29 is 9.53 Å². The molecule has 1 fully saturated rings. The Morgan fingerprint density at radius 1 is 1.44 bits per heavy atom. The lowest BCUT2D eigenvalue weighted by Crippen LogP contribution is -2.45. The number of rotatable bonds is 0. The van der Waals surface area contributed by atoms with Crippen molar-refractivity contribution in [2.75, 3.05) is 19.7 Å². The zero-order valence-corrected chi connectivity index (χ0v) is 11.1. The lowest BCUT2D eigenvalue weighted by atomic mass is 9.86. The summed E-state index contributed by atoms with van der Waals surface area (Å²) in [7, 11) is 0. The third-order valence-electron chi connectivity index (χ3n) is 3.31. The fraction of sp³-hybridized carbons (Fsp3) is 0.545. The molecule has 0 aliphatic carbocycles. The van der Waals surface area contributed by atoms with Gasteiger partial charge in [-0.05, 0) is 47.9 Å². The molecule has 1 aromatic heterocycles. The van der Waals surface area contributed by atoms with E-state index in [2.05, 4.69) is 21.2 Å². The zero-order chi connectivity index (χ0) is 11.2. The molecule has 0 bridgehead atoms. The maximum atomic E-state index is 11.8. The Hall–Kier alpha value is -0.230. The molecule has 86 valence electrons. The van der Waals surface area contributed by atoms with Gasteiger partial charge in [0.1, 0.15) is 12.2 Å². The highest BCUT2D eigenvalue weighted by Crippen LogP contribution is 2.45. The Kier molecular flexibility index (Phi) is 2.66. The number of carbonyl (C=O) groups excluding carboxylic acids is 1. The van der Waals surface area contributed by atoms with Gasteiger partial charge in [0.2, 0.25) is 0 Å². The van der Waals surface area contributed by atoms with Crippen LogP contribution in [0, 0.1) is 0 Å². The van der Waals surface area contributed by atoms with Crippen molar-refractivity contribution in [2.24, 2.45) is 0 Å². The number of ketones is 1. The van der Waals surface area contributed by atoms with Gasteiger partial charge in [0.05, 0.1) is 3.79 Å². The molecular weight excluding hydrogens is 290 g/mol. The largest absolute Gasteiger partial charge is 0.361 e. The van der Waals surface area contributed by atoms with Crippen LogP contribution in [0.25, 0.3) is 0 Å². The van der Waals surface area contributed by atoms with Gasteiger partial charge in [-0.15, -0.1) is 11.3 Å². The SMILES string of the molecule is O=C1COC2(CCNCC2)c2sc(Br)cc21. The van der Waals surface area contributed by atoms with Crippen molar-refractivity contribution in [3.8, 4) is 0 Å². The van der Waals surface area contributed by atoms with Gasteiger partial charge in [0.25, 0.3) is 0 Å². The van der Waals surface area contributed by atoms with Gasteiger partial charge in [-0.3, -0.25) is 4.79 Å². The molecule has 0 saturated carbocycles. The molecule has 3 rings (SSSR count). The average Bonchev–Trinajstić information content (AvgIpc) is 2.69. The van der Waals surface area contributed by atoms with Crippen LogP contribution < -0.4 is 5.32 Å². The Morgan fingerprint density at radius 2 is 2.19 bits per heavy atom. The molecular formula is C11H12BrNO2S. The highest BCUT2D eigenvalue weighted by atomic mass is 79.9. The van der Waals surface area contributed by atoms with E-state index in [1.54, 1.807) is 11.3 Å². The highest BCUT2D eigenvalue weighted by molar-refractivity contribution is 9.11. The molecule has 0 amide bonds. The van der Waals surface area contributed by atoms with E-state index in [1.165, 1.54) is 0 Å². The summed E-state index contributed by atoms with van der Waals surface area (Å²) in [6, 6.07) is 1.94. The van der Waals surface area contributed by atoms with E-state index in [4.69, 9.17) is 4.74 Å². The van der Waals surface area contributed by atoms with Crippen molar-refractivity contribution in [1.82, 2.24) is 5.32 Å². The fourth-order valence-electron chi connectivity index (χ4n) is 2.46. The minimum Gasteiger partial charge on any atom is -0.361 e. The fourth-order valence-corrected chi connectivity index (χ4v) is 4.27. The van der Waals surface area contributed by atoms with Gasteiger partial charge in [-0.25, -0.2) is 0 Å². The number of Topliss-reactive ketones (excluding diaryl/α,β-unsaturated/α-hetero) is 1. The Morgan fingerprint density at radius 3 is 2.94 bits per heavy atom. The molecule has 0 atom stereocenters. The molecule has 3 nitrogen and oxygen atoms in total. The van der Waals surface area contributed by atoms with Gasteiger partial charge in [0.15, 0.2) is 5.78 Å². The predicted molar refractivity (Wildman–Crippen MR) is 66.1 cm³/mol. The maximum absolute atomic E-state index is 11.8. The number of ether oxygens (including phenoxy) is 1. The second-order valence-corrected chi connectivity index (χ2v) is 6.68. The molecule has 0 radical (unpaired) electrons. The van der Waals surface area contributed by atoms with E-state index in [0.717, 1.165) is 40.2 Å².